The Morgan fingerprint density at radius 1 is 0.889 bits per heavy atom. The maximum Gasteiger partial charge on any atom is 0.261 e. The summed E-state index contributed by atoms with van der Waals surface area (Å²) in [5, 5.41) is 2.77. The van der Waals surface area contributed by atoms with Gasteiger partial charge in [-0.25, -0.2) is 0 Å². The van der Waals surface area contributed by atoms with Crippen LogP contribution in [0.25, 0.3) is 0 Å². The van der Waals surface area contributed by atoms with Gasteiger partial charge in [0, 0.05) is 0 Å². The molecule has 27 heavy (non-hydrogen) atoms. The second-order valence-electron chi connectivity index (χ2n) is 8.89. The van der Waals surface area contributed by atoms with E-state index >= 15 is 0 Å². The van der Waals surface area contributed by atoms with Crippen LogP contribution in [0, 0.1) is 5.92 Å². The molecule has 0 radical (unpaired) electrons. The van der Waals surface area contributed by atoms with Gasteiger partial charge in [0.25, 0.3) is 8.32 Å². The van der Waals surface area contributed by atoms with Crippen molar-refractivity contribution < 1.29 is 4.43 Å². The molecule has 0 bridgehead atoms. The van der Waals surface area contributed by atoms with Crippen molar-refractivity contribution in [3.8, 4) is 0 Å². The summed E-state index contributed by atoms with van der Waals surface area (Å²) in [6.07, 6.45) is 10.8. The van der Waals surface area contributed by atoms with E-state index in [4.69, 9.17) is 4.43 Å². The number of hydrogen-bond acceptors (Lipinski definition) is 1. The van der Waals surface area contributed by atoms with E-state index in [0.717, 1.165) is 6.42 Å². The molecule has 0 aromatic heterocycles. The van der Waals surface area contributed by atoms with Crippen LogP contribution in [0.3, 0.4) is 0 Å². The molecule has 2 aromatic rings. The number of hydrogen-bond donors (Lipinski definition) is 0. The summed E-state index contributed by atoms with van der Waals surface area (Å²) in [5.74, 6) is 0.679. The molecule has 0 amide bonds. The van der Waals surface area contributed by atoms with Crippen molar-refractivity contribution in [2.45, 2.75) is 51.2 Å². The first kappa shape index (κ1) is 18.5. The highest BCUT2D eigenvalue weighted by atomic mass is 28.4. The smallest absolute Gasteiger partial charge is 0.261 e. The Balaban J connectivity index is 1.81. The average molecular weight is 375 g/mol. The van der Waals surface area contributed by atoms with E-state index in [9.17, 15) is 0 Å². The quantitative estimate of drug-likeness (QED) is 0.666. The van der Waals surface area contributed by atoms with Gasteiger partial charge in [0.2, 0.25) is 0 Å². The van der Waals surface area contributed by atoms with Crippen LogP contribution < -0.4 is 10.4 Å². The van der Waals surface area contributed by atoms with Crippen LogP contribution in [0.2, 0.25) is 5.04 Å². The van der Waals surface area contributed by atoms with E-state index < -0.39 is 8.32 Å². The number of rotatable bonds is 4. The second kappa shape index (κ2) is 7.25. The Morgan fingerprint density at radius 2 is 1.48 bits per heavy atom. The summed E-state index contributed by atoms with van der Waals surface area (Å²) in [6.45, 7) is 7.06. The van der Waals surface area contributed by atoms with Crippen molar-refractivity contribution in [1.29, 1.82) is 0 Å². The zero-order valence-electron chi connectivity index (χ0n) is 16.7. The van der Waals surface area contributed by atoms with Gasteiger partial charge in [-0.3, -0.25) is 0 Å². The van der Waals surface area contributed by atoms with Gasteiger partial charge in [0.05, 0.1) is 6.10 Å². The third-order valence-electron chi connectivity index (χ3n) is 6.13. The fourth-order valence-corrected chi connectivity index (χ4v) is 9.47. The first-order chi connectivity index (χ1) is 13.0. The van der Waals surface area contributed by atoms with E-state index in [1.165, 1.54) is 28.8 Å². The van der Waals surface area contributed by atoms with Crippen molar-refractivity contribution in [3.05, 3.63) is 84.5 Å². The molecular weight excluding hydrogens is 344 g/mol. The molecule has 0 unspecified atom stereocenters. The predicted octanol–water partition coefficient (Wildman–Crippen LogP) is 5.23. The van der Waals surface area contributed by atoms with Crippen LogP contribution in [-0.4, -0.2) is 14.4 Å². The van der Waals surface area contributed by atoms with Crippen LogP contribution in [0.15, 0.2) is 84.5 Å². The molecule has 0 saturated heterocycles. The van der Waals surface area contributed by atoms with Gasteiger partial charge in [-0.2, -0.15) is 0 Å². The lowest BCUT2D eigenvalue weighted by atomic mass is 9.90. The zero-order valence-corrected chi connectivity index (χ0v) is 17.7. The predicted molar refractivity (Wildman–Crippen MR) is 117 cm³/mol. The van der Waals surface area contributed by atoms with E-state index in [1.54, 1.807) is 0 Å². The van der Waals surface area contributed by atoms with Crippen LogP contribution in [0.5, 0.6) is 0 Å². The summed E-state index contributed by atoms with van der Waals surface area (Å²) < 4.78 is 7.25. The fourth-order valence-electron chi connectivity index (χ4n) is 4.83. The molecule has 0 fully saturated rings. The summed E-state index contributed by atoms with van der Waals surface area (Å²) in [6, 6.07) is 21.9. The Labute approximate surface area is 164 Å². The Kier molecular flexibility index (Phi) is 4.96. The highest BCUT2D eigenvalue weighted by Crippen LogP contribution is 2.41. The topological polar surface area (TPSA) is 9.23 Å². The molecule has 2 atom stereocenters. The second-order valence-corrected chi connectivity index (χ2v) is 13.1. The minimum atomic E-state index is -2.45. The Morgan fingerprint density at radius 3 is 2.04 bits per heavy atom. The fraction of sp³-hybridized carbons (Fsp3) is 0.360. The molecular formula is C25H30OSi. The van der Waals surface area contributed by atoms with Crippen LogP contribution in [0.1, 0.15) is 40.0 Å². The maximum absolute atomic E-state index is 7.25. The molecule has 2 aliphatic rings. The van der Waals surface area contributed by atoms with Crippen molar-refractivity contribution in [2.24, 2.45) is 5.92 Å². The maximum atomic E-state index is 7.25. The minimum Gasteiger partial charge on any atom is -0.401 e. The lowest BCUT2D eigenvalue weighted by molar-refractivity contribution is 0.201. The van der Waals surface area contributed by atoms with Gasteiger partial charge in [0.1, 0.15) is 0 Å². The average Bonchev–Trinajstić information content (AvgIpc) is 3.14. The summed E-state index contributed by atoms with van der Waals surface area (Å²) in [5.41, 5.74) is 1.53. The molecule has 2 aromatic carbocycles. The lowest BCUT2D eigenvalue weighted by Crippen LogP contribution is -2.67. The van der Waals surface area contributed by atoms with Crippen molar-refractivity contribution in [1.82, 2.24) is 0 Å². The molecule has 0 heterocycles. The summed E-state index contributed by atoms with van der Waals surface area (Å²) in [7, 11) is -2.45. The number of benzene rings is 2. The molecule has 0 saturated carbocycles. The van der Waals surface area contributed by atoms with Gasteiger partial charge >= 0.3 is 0 Å². The molecule has 0 aliphatic heterocycles. The highest BCUT2D eigenvalue weighted by molar-refractivity contribution is 6.99. The molecule has 1 nitrogen and oxygen atoms in total. The first-order valence-electron chi connectivity index (χ1n) is 10.2. The zero-order chi connectivity index (χ0) is 18.9. The van der Waals surface area contributed by atoms with Crippen molar-refractivity contribution in [2.75, 3.05) is 0 Å². The molecule has 0 N–H and O–H groups in total. The first-order valence-corrected chi connectivity index (χ1v) is 12.1. The highest BCUT2D eigenvalue weighted by Gasteiger charge is 2.51. The normalized spacial score (nSPS) is 22.4. The van der Waals surface area contributed by atoms with Crippen molar-refractivity contribution in [3.63, 3.8) is 0 Å². The molecule has 4 rings (SSSR count). The minimum absolute atomic E-state index is 0.0370. The van der Waals surface area contributed by atoms with E-state index in [2.05, 4.69) is 99.7 Å². The third kappa shape index (κ3) is 3.37. The molecule has 2 aliphatic carbocycles. The molecule has 2 heteroatoms. The van der Waals surface area contributed by atoms with Crippen LogP contribution >= 0.6 is 0 Å². The van der Waals surface area contributed by atoms with Crippen LogP contribution in [-0.2, 0) is 4.43 Å². The number of allylic oxidation sites excluding steroid dienone is 3. The Bertz CT molecular complexity index is 790. The third-order valence-corrected chi connectivity index (χ3v) is 11.2. The lowest BCUT2D eigenvalue weighted by Gasteiger charge is -2.45. The van der Waals surface area contributed by atoms with Crippen LogP contribution in [0.4, 0.5) is 0 Å². The standard InChI is InChI=1S/C25H30OSi/c1-25(2,3)27(23-13-6-4-7-14-23,24-15-8-5-9-16-24)26-22-18-17-20-11-10-12-21(20)19-22/h4-9,11,13-18,21-22H,10,12,19H2,1-3H3/t21-,22+/m0/s1. The van der Waals surface area contributed by atoms with Gasteiger partial charge in [-0.1, -0.05) is 99.7 Å². The summed E-state index contributed by atoms with van der Waals surface area (Å²) >= 11 is 0. The SMILES string of the molecule is CC(C)(C)[Si](O[C@@H]1C=CC2=CCC[C@H]2C1)(c1ccccc1)c1ccccc1. The van der Waals surface area contributed by atoms with Gasteiger partial charge in [0.15, 0.2) is 0 Å². The summed E-state index contributed by atoms with van der Waals surface area (Å²) in [4.78, 5) is 0. The van der Waals surface area contributed by atoms with Gasteiger partial charge in [-0.05, 0) is 46.2 Å². The van der Waals surface area contributed by atoms with Crippen molar-refractivity contribution >= 4 is 18.7 Å². The largest absolute Gasteiger partial charge is 0.401 e. The van der Waals surface area contributed by atoms with Gasteiger partial charge < -0.3 is 4.43 Å². The van der Waals surface area contributed by atoms with E-state index in [0.29, 0.717) is 5.92 Å². The molecule has 140 valence electrons. The molecule has 0 spiro atoms. The Hall–Kier alpha value is -1.90. The van der Waals surface area contributed by atoms with Gasteiger partial charge in [-0.15, -0.1) is 0 Å². The monoisotopic (exact) mass is 374 g/mol. The van der Waals surface area contributed by atoms with E-state index in [1.807, 2.05) is 0 Å². The van der Waals surface area contributed by atoms with E-state index in [-0.39, 0.29) is 11.1 Å². The number of fused-ring (bicyclic) bond motifs is 1.